The summed E-state index contributed by atoms with van der Waals surface area (Å²) in [5, 5.41) is 0.779. The van der Waals surface area contributed by atoms with Gasteiger partial charge in [0, 0.05) is 5.02 Å². The summed E-state index contributed by atoms with van der Waals surface area (Å²) in [6, 6.07) is 12.8. The zero-order valence-corrected chi connectivity index (χ0v) is 12.3. The van der Waals surface area contributed by atoms with Crippen LogP contribution in [0.4, 0.5) is 4.39 Å². The fraction of sp³-hybridized carbons (Fsp3) is 0.294. The Kier molecular flexibility index (Phi) is 5.16. The van der Waals surface area contributed by atoms with Crippen LogP contribution in [0.1, 0.15) is 16.7 Å². The van der Waals surface area contributed by atoms with Gasteiger partial charge in [-0.3, -0.25) is 0 Å². The molecule has 0 heterocycles. The zero-order valence-electron chi connectivity index (χ0n) is 11.6. The first kappa shape index (κ1) is 15.0. The lowest BCUT2D eigenvalue weighted by atomic mass is 9.91. The molecule has 0 radical (unpaired) electrons. The van der Waals surface area contributed by atoms with Gasteiger partial charge in [0.2, 0.25) is 0 Å². The third-order valence-electron chi connectivity index (χ3n) is 3.61. The van der Waals surface area contributed by atoms with E-state index in [1.165, 1.54) is 6.07 Å². The van der Waals surface area contributed by atoms with E-state index >= 15 is 0 Å². The van der Waals surface area contributed by atoms with Gasteiger partial charge in [0.15, 0.2) is 0 Å². The lowest BCUT2D eigenvalue weighted by molar-refractivity contribution is 0.531. The molecule has 0 fully saturated rings. The van der Waals surface area contributed by atoms with Crippen molar-refractivity contribution in [2.24, 2.45) is 11.7 Å². The number of nitrogens with two attached hydrogens (primary N) is 1. The van der Waals surface area contributed by atoms with E-state index < -0.39 is 0 Å². The van der Waals surface area contributed by atoms with Crippen LogP contribution in [0.3, 0.4) is 0 Å². The largest absolute Gasteiger partial charge is 0.330 e. The Morgan fingerprint density at radius 1 is 1.10 bits per heavy atom. The van der Waals surface area contributed by atoms with Gasteiger partial charge in [-0.15, -0.1) is 0 Å². The Bertz CT molecular complexity index is 583. The van der Waals surface area contributed by atoms with E-state index in [0.29, 0.717) is 12.5 Å². The molecule has 0 bridgehead atoms. The van der Waals surface area contributed by atoms with Crippen LogP contribution in [0.2, 0.25) is 5.02 Å². The Labute approximate surface area is 124 Å². The molecule has 2 aromatic rings. The predicted molar refractivity (Wildman–Crippen MR) is 82.5 cm³/mol. The predicted octanol–water partition coefficient (Wildman–Crippen LogP) is 4.15. The van der Waals surface area contributed by atoms with Gasteiger partial charge in [-0.2, -0.15) is 0 Å². The summed E-state index contributed by atoms with van der Waals surface area (Å²) >= 11 is 6.19. The molecule has 0 saturated carbocycles. The minimum absolute atomic E-state index is 0.193. The number of hydrogen-bond donors (Lipinski definition) is 1. The second kappa shape index (κ2) is 6.87. The molecule has 20 heavy (non-hydrogen) atoms. The second-order valence-electron chi connectivity index (χ2n) is 5.17. The van der Waals surface area contributed by atoms with Crippen molar-refractivity contribution in [2.45, 2.75) is 19.8 Å². The highest BCUT2D eigenvalue weighted by atomic mass is 35.5. The van der Waals surface area contributed by atoms with Crippen LogP contribution in [0.25, 0.3) is 0 Å². The monoisotopic (exact) mass is 291 g/mol. The molecule has 2 aromatic carbocycles. The molecule has 0 saturated heterocycles. The summed E-state index contributed by atoms with van der Waals surface area (Å²) in [6.07, 6.45) is 1.68. The molecule has 1 nitrogen and oxygen atoms in total. The van der Waals surface area contributed by atoms with Crippen molar-refractivity contribution in [1.29, 1.82) is 0 Å². The second-order valence-corrected chi connectivity index (χ2v) is 5.58. The molecule has 0 aliphatic carbocycles. The van der Waals surface area contributed by atoms with Crippen molar-refractivity contribution in [2.75, 3.05) is 6.54 Å². The van der Waals surface area contributed by atoms with E-state index in [4.69, 9.17) is 17.3 Å². The Hall–Kier alpha value is -1.38. The normalized spacial score (nSPS) is 12.4. The quantitative estimate of drug-likeness (QED) is 0.880. The van der Waals surface area contributed by atoms with Gasteiger partial charge < -0.3 is 5.73 Å². The van der Waals surface area contributed by atoms with Gasteiger partial charge >= 0.3 is 0 Å². The SMILES string of the molecule is Cc1cc(F)ccc1CC(CN)Cc1ccccc1Cl. The zero-order chi connectivity index (χ0) is 14.5. The maximum atomic E-state index is 13.1. The van der Waals surface area contributed by atoms with Gasteiger partial charge in [0.05, 0.1) is 0 Å². The maximum Gasteiger partial charge on any atom is 0.123 e. The summed E-state index contributed by atoms with van der Waals surface area (Å²) in [7, 11) is 0. The van der Waals surface area contributed by atoms with E-state index in [2.05, 4.69) is 0 Å². The molecular formula is C17H19ClFN. The molecule has 1 unspecified atom stereocenters. The van der Waals surface area contributed by atoms with Gasteiger partial charge in [0.25, 0.3) is 0 Å². The fourth-order valence-electron chi connectivity index (χ4n) is 2.41. The first-order valence-electron chi connectivity index (χ1n) is 6.78. The molecule has 2 rings (SSSR count). The Morgan fingerprint density at radius 3 is 2.45 bits per heavy atom. The fourth-order valence-corrected chi connectivity index (χ4v) is 2.63. The number of rotatable bonds is 5. The number of aryl methyl sites for hydroxylation is 1. The average Bonchev–Trinajstić information content (AvgIpc) is 2.43. The lowest BCUT2D eigenvalue weighted by Crippen LogP contribution is -2.20. The first-order valence-corrected chi connectivity index (χ1v) is 7.16. The number of hydrogen-bond acceptors (Lipinski definition) is 1. The van der Waals surface area contributed by atoms with E-state index in [1.54, 1.807) is 6.07 Å². The van der Waals surface area contributed by atoms with Gasteiger partial charge in [-0.1, -0.05) is 35.9 Å². The van der Waals surface area contributed by atoms with Gasteiger partial charge in [-0.05, 0) is 67.1 Å². The van der Waals surface area contributed by atoms with Crippen LogP contribution in [0.15, 0.2) is 42.5 Å². The van der Waals surface area contributed by atoms with Crippen LogP contribution < -0.4 is 5.73 Å². The highest BCUT2D eigenvalue weighted by molar-refractivity contribution is 6.31. The van der Waals surface area contributed by atoms with Gasteiger partial charge in [0.1, 0.15) is 5.82 Å². The number of benzene rings is 2. The molecule has 0 aliphatic heterocycles. The highest BCUT2D eigenvalue weighted by Crippen LogP contribution is 2.22. The Balaban J connectivity index is 2.11. The Morgan fingerprint density at radius 2 is 1.80 bits per heavy atom. The highest BCUT2D eigenvalue weighted by Gasteiger charge is 2.12. The lowest BCUT2D eigenvalue weighted by Gasteiger charge is -2.17. The van der Waals surface area contributed by atoms with Crippen LogP contribution in [-0.4, -0.2) is 6.54 Å². The molecule has 0 spiro atoms. The number of halogens is 2. The molecule has 0 amide bonds. The molecule has 3 heteroatoms. The van der Waals surface area contributed by atoms with E-state index in [0.717, 1.165) is 34.6 Å². The molecule has 0 aromatic heterocycles. The molecule has 2 N–H and O–H groups in total. The average molecular weight is 292 g/mol. The topological polar surface area (TPSA) is 26.0 Å². The summed E-state index contributed by atoms with van der Waals surface area (Å²) in [5.41, 5.74) is 9.12. The maximum absolute atomic E-state index is 13.1. The summed E-state index contributed by atoms with van der Waals surface area (Å²) in [6.45, 7) is 2.52. The summed E-state index contributed by atoms with van der Waals surface area (Å²) in [5.74, 6) is 0.112. The third kappa shape index (κ3) is 3.81. The van der Waals surface area contributed by atoms with E-state index in [-0.39, 0.29) is 5.82 Å². The minimum atomic E-state index is -0.193. The van der Waals surface area contributed by atoms with Gasteiger partial charge in [-0.25, -0.2) is 4.39 Å². The molecular weight excluding hydrogens is 273 g/mol. The van der Waals surface area contributed by atoms with Crippen LogP contribution >= 0.6 is 11.6 Å². The van der Waals surface area contributed by atoms with E-state index in [1.807, 2.05) is 37.3 Å². The van der Waals surface area contributed by atoms with Crippen molar-refractivity contribution in [1.82, 2.24) is 0 Å². The van der Waals surface area contributed by atoms with Crippen molar-refractivity contribution in [3.05, 3.63) is 70.0 Å². The smallest absolute Gasteiger partial charge is 0.123 e. The van der Waals surface area contributed by atoms with Crippen molar-refractivity contribution < 1.29 is 4.39 Å². The van der Waals surface area contributed by atoms with Crippen LogP contribution in [0, 0.1) is 18.7 Å². The minimum Gasteiger partial charge on any atom is -0.330 e. The first-order chi connectivity index (χ1) is 9.60. The molecule has 0 aliphatic rings. The van der Waals surface area contributed by atoms with Crippen LogP contribution in [0.5, 0.6) is 0 Å². The summed E-state index contributed by atoms with van der Waals surface area (Å²) in [4.78, 5) is 0. The molecule has 106 valence electrons. The van der Waals surface area contributed by atoms with Crippen molar-refractivity contribution in [3.8, 4) is 0 Å². The van der Waals surface area contributed by atoms with E-state index in [9.17, 15) is 4.39 Å². The van der Waals surface area contributed by atoms with Crippen molar-refractivity contribution in [3.63, 3.8) is 0 Å². The third-order valence-corrected chi connectivity index (χ3v) is 3.98. The van der Waals surface area contributed by atoms with Crippen molar-refractivity contribution >= 4 is 11.6 Å². The standard InChI is InChI=1S/C17H19ClFN/c1-12-8-16(19)7-6-14(12)9-13(11-20)10-15-4-2-3-5-17(15)18/h2-8,13H,9-11,20H2,1H3. The summed E-state index contributed by atoms with van der Waals surface area (Å²) < 4.78 is 13.1. The molecule has 1 atom stereocenters. The van der Waals surface area contributed by atoms with Crippen LogP contribution in [-0.2, 0) is 12.8 Å².